The molecule has 0 spiro atoms. The molecule has 88 valence electrons. The van der Waals surface area contributed by atoms with Crippen molar-refractivity contribution in [3.8, 4) is 0 Å². The van der Waals surface area contributed by atoms with Gasteiger partial charge in [-0.25, -0.2) is 10.2 Å². The Labute approximate surface area is 97.1 Å². The lowest BCUT2D eigenvalue weighted by atomic mass is 10.1. The first-order chi connectivity index (χ1) is 8.19. The number of rotatable bonds is 2. The Bertz CT molecular complexity index is 583. The highest BCUT2D eigenvalue weighted by Crippen LogP contribution is 2.14. The highest BCUT2D eigenvalue weighted by molar-refractivity contribution is 6.02. The summed E-state index contributed by atoms with van der Waals surface area (Å²) in [5.41, 5.74) is 1.89. The molecular weight excluding hydrogens is 222 g/mol. The van der Waals surface area contributed by atoms with Gasteiger partial charge in [0, 0.05) is 0 Å². The summed E-state index contributed by atoms with van der Waals surface area (Å²) < 4.78 is 0.452. The monoisotopic (exact) mass is 233 g/mol. The molecule has 2 aromatic rings. The van der Waals surface area contributed by atoms with E-state index in [0.717, 1.165) is 0 Å². The minimum atomic E-state index is -0.840. The lowest BCUT2D eigenvalue weighted by molar-refractivity contribution is -0.618. The molecule has 0 aliphatic heterocycles. The fourth-order valence-corrected chi connectivity index (χ4v) is 1.68. The second-order valence-corrected chi connectivity index (χ2v) is 3.48. The fraction of sp³-hybridized carbons (Fsp3) is 0.182. The second-order valence-electron chi connectivity index (χ2n) is 3.48. The molecule has 0 radical (unpaired) electrons. The topological polar surface area (TPSA) is 89.2 Å². The number of amides is 1. The molecule has 2 rings (SSSR count). The van der Waals surface area contributed by atoms with Gasteiger partial charge in [0.05, 0.1) is 11.8 Å². The van der Waals surface area contributed by atoms with Crippen LogP contribution in [0.3, 0.4) is 0 Å². The molecule has 0 fully saturated rings. The van der Waals surface area contributed by atoms with Crippen molar-refractivity contribution in [3.63, 3.8) is 0 Å². The van der Waals surface area contributed by atoms with Crippen molar-refractivity contribution >= 4 is 16.8 Å². The summed E-state index contributed by atoms with van der Waals surface area (Å²) in [4.78, 5) is 15.7. The zero-order chi connectivity index (χ0) is 12.4. The van der Waals surface area contributed by atoms with E-state index in [-0.39, 0.29) is 11.5 Å². The molecule has 0 unspecified atom stereocenters. The third-order valence-electron chi connectivity index (χ3n) is 2.48. The van der Waals surface area contributed by atoms with Crippen molar-refractivity contribution in [1.29, 1.82) is 0 Å². The van der Waals surface area contributed by atoms with E-state index in [9.17, 15) is 10.0 Å². The molecule has 0 saturated carbocycles. The smallest absolute Gasteiger partial charge is 0.315 e. The number of para-hydroxylation sites is 1. The van der Waals surface area contributed by atoms with Gasteiger partial charge in [-0.1, -0.05) is 19.1 Å². The third-order valence-corrected chi connectivity index (χ3v) is 2.48. The SMILES string of the molecule is CCc1nc2ccccc2c(C(=O)NO)[n+]1[O-]. The largest absolute Gasteiger partial charge is 0.710 e. The number of carbonyl (C=O) groups is 1. The Balaban J connectivity index is 2.84. The van der Waals surface area contributed by atoms with Crippen LogP contribution in [0.25, 0.3) is 10.9 Å². The molecule has 0 atom stereocenters. The number of carbonyl (C=O) groups excluding carboxylic acids is 1. The molecule has 2 N–H and O–H groups in total. The Morgan fingerprint density at radius 1 is 1.53 bits per heavy atom. The van der Waals surface area contributed by atoms with Crippen LogP contribution in [0.1, 0.15) is 23.2 Å². The van der Waals surface area contributed by atoms with Crippen LogP contribution in [-0.2, 0) is 6.42 Å². The lowest BCUT2D eigenvalue weighted by Crippen LogP contribution is -2.43. The van der Waals surface area contributed by atoms with Gasteiger partial charge >= 0.3 is 11.7 Å². The van der Waals surface area contributed by atoms with Gasteiger partial charge in [-0.3, -0.25) is 10.0 Å². The number of hydrogen-bond acceptors (Lipinski definition) is 4. The van der Waals surface area contributed by atoms with E-state index in [0.29, 0.717) is 22.1 Å². The number of aromatic nitrogens is 2. The van der Waals surface area contributed by atoms with E-state index in [4.69, 9.17) is 5.21 Å². The Morgan fingerprint density at radius 3 is 2.88 bits per heavy atom. The van der Waals surface area contributed by atoms with E-state index in [1.54, 1.807) is 31.2 Å². The predicted molar refractivity (Wildman–Crippen MR) is 59.3 cm³/mol. The van der Waals surface area contributed by atoms with Crippen LogP contribution in [0.15, 0.2) is 24.3 Å². The first-order valence-electron chi connectivity index (χ1n) is 5.14. The minimum Gasteiger partial charge on any atom is -0.710 e. The van der Waals surface area contributed by atoms with Gasteiger partial charge in [0.1, 0.15) is 0 Å². The Morgan fingerprint density at radius 2 is 2.24 bits per heavy atom. The number of nitrogens with zero attached hydrogens (tertiary/aromatic N) is 2. The van der Waals surface area contributed by atoms with Gasteiger partial charge in [0.25, 0.3) is 0 Å². The normalized spacial score (nSPS) is 10.5. The molecule has 1 heterocycles. The molecule has 1 aromatic heterocycles. The number of hydrogen-bond donors (Lipinski definition) is 2. The Kier molecular flexibility index (Phi) is 2.88. The molecule has 0 bridgehead atoms. The molecule has 0 saturated heterocycles. The number of hydroxylamine groups is 1. The van der Waals surface area contributed by atoms with Gasteiger partial charge in [0.2, 0.25) is 5.69 Å². The second kappa shape index (κ2) is 4.34. The standard InChI is InChI=1S/C11H11N3O3/c1-2-9-12-8-6-4-3-5-7(8)10(14(9)17)11(15)13-16/h3-6,16H,2H2,1H3,(H,13,15). The average molecular weight is 233 g/mol. The van der Waals surface area contributed by atoms with Gasteiger partial charge in [-0.15, -0.1) is 0 Å². The molecule has 17 heavy (non-hydrogen) atoms. The predicted octanol–water partition coefficient (Wildman–Crippen LogP) is 0.550. The minimum absolute atomic E-state index is 0.144. The molecule has 6 nitrogen and oxygen atoms in total. The van der Waals surface area contributed by atoms with E-state index in [2.05, 4.69) is 4.98 Å². The molecular formula is C11H11N3O3. The zero-order valence-corrected chi connectivity index (χ0v) is 9.17. The summed E-state index contributed by atoms with van der Waals surface area (Å²) >= 11 is 0. The summed E-state index contributed by atoms with van der Waals surface area (Å²) in [6.07, 6.45) is 0.403. The fourth-order valence-electron chi connectivity index (χ4n) is 1.68. The summed E-state index contributed by atoms with van der Waals surface area (Å²) in [5, 5.41) is 21.0. The maximum absolute atomic E-state index is 11.9. The van der Waals surface area contributed by atoms with Crippen LogP contribution in [-0.4, -0.2) is 16.1 Å². The van der Waals surface area contributed by atoms with E-state index < -0.39 is 5.91 Å². The van der Waals surface area contributed by atoms with Crippen molar-refractivity contribution < 1.29 is 14.7 Å². The number of fused-ring (bicyclic) bond motifs is 1. The van der Waals surface area contributed by atoms with Gasteiger partial charge in [-0.05, 0) is 17.1 Å². The van der Waals surface area contributed by atoms with Crippen LogP contribution < -0.4 is 10.2 Å². The Hall–Kier alpha value is -2.21. The van der Waals surface area contributed by atoms with Crippen LogP contribution in [0.2, 0.25) is 0 Å². The van der Waals surface area contributed by atoms with Gasteiger partial charge < -0.3 is 5.21 Å². The van der Waals surface area contributed by atoms with Crippen molar-refractivity contribution in [2.75, 3.05) is 0 Å². The van der Waals surface area contributed by atoms with Crippen molar-refractivity contribution in [2.45, 2.75) is 13.3 Å². The molecule has 0 aliphatic carbocycles. The lowest BCUT2D eigenvalue weighted by Gasteiger charge is -2.11. The van der Waals surface area contributed by atoms with Crippen molar-refractivity contribution in [3.05, 3.63) is 41.0 Å². The van der Waals surface area contributed by atoms with E-state index in [1.807, 2.05) is 0 Å². The third kappa shape index (κ3) is 1.78. The number of benzene rings is 1. The zero-order valence-electron chi connectivity index (χ0n) is 9.17. The first-order valence-corrected chi connectivity index (χ1v) is 5.14. The van der Waals surface area contributed by atoms with Crippen LogP contribution in [0.5, 0.6) is 0 Å². The first kappa shape index (κ1) is 11.3. The molecule has 0 aliphatic rings. The highest BCUT2D eigenvalue weighted by atomic mass is 16.5. The number of aryl methyl sites for hydroxylation is 1. The quantitative estimate of drug-likeness (QED) is 0.343. The summed E-state index contributed by atoms with van der Waals surface area (Å²) in [6.45, 7) is 1.77. The summed E-state index contributed by atoms with van der Waals surface area (Å²) in [7, 11) is 0. The van der Waals surface area contributed by atoms with Crippen molar-refractivity contribution in [1.82, 2.24) is 10.5 Å². The van der Waals surface area contributed by atoms with E-state index in [1.165, 1.54) is 5.48 Å². The summed E-state index contributed by atoms with van der Waals surface area (Å²) in [6, 6.07) is 6.79. The van der Waals surface area contributed by atoms with Gasteiger partial charge in [-0.2, -0.15) is 0 Å². The van der Waals surface area contributed by atoms with Crippen molar-refractivity contribution in [2.24, 2.45) is 0 Å². The van der Waals surface area contributed by atoms with Gasteiger partial charge in [0.15, 0.2) is 5.52 Å². The molecule has 1 amide bonds. The molecule has 6 heteroatoms. The maximum Gasteiger partial charge on any atom is 0.315 e. The average Bonchev–Trinajstić information content (AvgIpc) is 2.37. The van der Waals surface area contributed by atoms with E-state index >= 15 is 0 Å². The number of nitrogens with one attached hydrogen (secondary N) is 1. The molecule has 1 aromatic carbocycles. The highest BCUT2D eigenvalue weighted by Gasteiger charge is 2.21. The van der Waals surface area contributed by atoms with Crippen LogP contribution in [0, 0.1) is 5.21 Å². The summed E-state index contributed by atoms with van der Waals surface area (Å²) in [5.74, 6) is -0.601. The maximum atomic E-state index is 11.9. The van der Waals surface area contributed by atoms with Crippen LogP contribution in [0.4, 0.5) is 0 Å². The van der Waals surface area contributed by atoms with Crippen LogP contribution >= 0.6 is 0 Å².